The molecule has 1 aromatic rings. The van der Waals surface area contributed by atoms with E-state index in [2.05, 4.69) is 51.8 Å². The van der Waals surface area contributed by atoms with Crippen molar-refractivity contribution in [2.45, 2.75) is 72.6 Å². The van der Waals surface area contributed by atoms with Crippen molar-refractivity contribution in [2.24, 2.45) is 0 Å². The second kappa shape index (κ2) is 14.1. The van der Waals surface area contributed by atoms with Crippen molar-refractivity contribution in [1.29, 1.82) is 0 Å². The standard InChI is InChI=1S/C27H42N2O4/c1-6-7-8-12-23-19-25(32-27(30)29-17-15-28(5)16-18-29)24(26(20-23)33-31)14-13-22(4)11-9-10-21(2)3/h10,13,19-20,31H,6-9,11-12,14-18H2,1-5H3/b22-13+. The van der Waals surface area contributed by atoms with Gasteiger partial charge in [-0.15, -0.1) is 0 Å². The van der Waals surface area contributed by atoms with Gasteiger partial charge in [0.15, 0.2) is 5.75 Å². The Kier molecular flexibility index (Phi) is 11.5. The molecular formula is C27H42N2O4. The lowest BCUT2D eigenvalue weighted by molar-refractivity contribution is -0.138. The Balaban J connectivity index is 2.25. The average Bonchev–Trinajstić information content (AvgIpc) is 2.78. The molecule has 6 heteroatoms. The van der Waals surface area contributed by atoms with Crippen molar-refractivity contribution in [2.75, 3.05) is 33.2 Å². The molecule has 2 rings (SSSR count). The molecule has 1 saturated heterocycles. The third-order valence-electron chi connectivity index (χ3n) is 6.10. The molecule has 0 spiro atoms. The van der Waals surface area contributed by atoms with Gasteiger partial charge in [0.25, 0.3) is 0 Å². The van der Waals surface area contributed by atoms with Gasteiger partial charge in [-0.3, -0.25) is 0 Å². The highest BCUT2D eigenvalue weighted by molar-refractivity contribution is 5.72. The van der Waals surface area contributed by atoms with Gasteiger partial charge in [-0.2, -0.15) is 0 Å². The molecule has 0 atom stereocenters. The third kappa shape index (κ3) is 9.22. The zero-order chi connectivity index (χ0) is 24.2. The molecule has 0 aliphatic carbocycles. The summed E-state index contributed by atoms with van der Waals surface area (Å²) in [4.78, 5) is 21.6. The zero-order valence-electron chi connectivity index (χ0n) is 21.2. The first kappa shape index (κ1) is 26.9. The van der Waals surface area contributed by atoms with E-state index >= 15 is 0 Å². The lowest BCUT2D eigenvalue weighted by Crippen LogP contribution is -2.48. The van der Waals surface area contributed by atoms with Crippen LogP contribution >= 0.6 is 0 Å². The molecule has 0 radical (unpaired) electrons. The Labute approximate surface area is 199 Å². The second-order valence-corrected chi connectivity index (χ2v) is 9.35. The Hall–Kier alpha value is -2.31. The van der Waals surface area contributed by atoms with Gasteiger partial charge in [0.2, 0.25) is 0 Å². The summed E-state index contributed by atoms with van der Waals surface area (Å²) in [5.41, 5.74) is 4.26. The maximum Gasteiger partial charge on any atom is 0.415 e. The van der Waals surface area contributed by atoms with Crippen LogP contribution in [0.25, 0.3) is 0 Å². The highest BCUT2D eigenvalue weighted by Gasteiger charge is 2.23. The van der Waals surface area contributed by atoms with E-state index < -0.39 is 0 Å². The molecule has 1 heterocycles. The molecule has 33 heavy (non-hydrogen) atoms. The van der Waals surface area contributed by atoms with Crippen LogP contribution in [0.3, 0.4) is 0 Å². The average molecular weight is 459 g/mol. The SMILES string of the molecule is CCCCCc1cc(OO)c(C/C=C(\C)CCC=C(C)C)c(OC(=O)N2CCN(C)CC2)c1. The van der Waals surface area contributed by atoms with E-state index in [1.54, 1.807) is 4.90 Å². The number of rotatable bonds is 11. The van der Waals surface area contributed by atoms with Crippen molar-refractivity contribution in [3.8, 4) is 11.5 Å². The largest absolute Gasteiger partial charge is 0.415 e. The maximum atomic E-state index is 12.9. The van der Waals surface area contributed by atoms with E-state index in [4.69, 9.17) is 9.62 Å². The molecule has 1 fully saturated rings. The number of carbonyl (C=O) groups is 1. The molecule has 1 aliphatic heterocycles. The lowest BCUT2D eigenvalue weighted by atomic mass is 10.00. The van der Waals surface area contributed by atoms with E-state index in [-0.39, 0.29) is 6.09 Å². The van der Waals surface area contributed by atoms with E-state index in [0.29, 0.717) is 36.6 Å². The van der Waals surface area contributed by atoms with Gasteiger partial charge in [0.1, 0.15) is 5.75 Å². The van der Waals surface area contributed by atoms with Crippen LogP contribution in [-0.4, -0.2) is 54.4 Å². The number of piperazine rings is 1. The number of hydrogen-bond donors (Lipinski definition) is 1. The fraction of sp³-hybridized carbons (Fsp3) is 0.593. The van der Waals surface area contributed by atoms with Crippen LogP contribution in [0.1, 0.15) is 70.9 Å². The summed E-state index contributed by atoms with van der Waals surface area (Å²) in [5.74, 6) is 0.837. The number of nitrogens with zero attached hydrogens (tertiary/aromatic N) is 2. The molecule has 0 aromatic heterocycles. The number of carbonyl (C=O) groups excluding carboxylic acids is 1. The number of aryl methyl sites for hydroxylation is 1. The van der Waals surface area contributed by atoms with Crippen LogP contribution in [0.5, 0.6) is 11.5 Å². The van der Waals surface area contributed by atoms with Crippen LogP contribution in [0.15, 0.2) is 35.4 Å². The molecule has 0 unspecified atom stereocenters. The van der Waals surface area contributed by atoms with E-state index in [0.717, 1.165) is 57.2 Å². The van der Waals surface area contributed by atoms with Crippen LogP contribution in [-0.2, 0) is 12.8 Å². The number of hydrogen-bond acceptors (Lipinski definition) is 5. The number of allylic oxidation sites excluding steroid dienone is 4. The Bertz CT molecular complexity index is 820. The fourth-order valence-corrected chi connectivity index (χ4v) is 3.89. The number of benzene rings is 1. The molecule has 1 amide bonds. The summed E-state index contributed by atoms with van der Waals surface area (Å²) < 4.78 is 5.89. The summed E-state index contributed by atoms with van der Waals surface area (Å²) in [6, 6.07) is 3.80. The Morgan fingerprint density at radius 2 is 1.76 bits per heavy atom. The van der Waals surface area contributed by atoms with Gasteiger partial charge in [0, 0.05) is 31.7 Å². The predicted molar refractivity (Wildman–Crippen MR) is 134 cm³/mol. The minimum absolute atomic E-state index is 0.344. The molecule has 1 aliphatic rings. The smallest absolute Gasteiger partial charge is 0.410 e. The fourth-order valence-electron chi connectivity index (χ4n) is 3.89. The maximum absolute atomic E-state index is 12.9. The van der Waals surface area contributed by atoms with Gasteiger partial charge in [-0.1, -0.05) is 43.1 Å². The topological polar surface area (TPSA) is 62.2 Å². The first-order valence-electron chi connectivity index (χ1n) is 12.3. The number of amides is 1. The van der Waals surface area contributed by atoms with Gasteiger partial charge in [-0.05, 0) is 77.6 Å². The predicted octanol–water partition coefficient (Wildman–Crippen LogP) is 6.25. The van der Waals surface area contributed by atoms with E-state index in [1.165, 1.54) is 11.1 Å². The van der Waals surface area contributed by atoms with Gasteiger partial charge in [-0.25, -0.2) is 10.1 Å². The lowest BCUT2D eigenvalue weighted by Gasteiger charge is -2.31. The van der Waals surface area contributed by atoms with Crippen molar-refractivity contribution in [3.63, 3.8) is 0 Å². The van der Waals surface area contributed by atoms with Crippen molar-refractivity contribution < 1.29 is 19.7 Å². The molecule has 0 saturated carbocycles. The van der Waals surface area contributed by atoms with Crippen LogP contribution in [0.2, 0.25) is 0 Å². The highest BCUT2D eigenvalue weighted by Crippen LogP contribution is 2.33. The number of ether oxygens (including phenoxy) is 1. The summed E-state index contributed by atoms with van der Waals surface area (Å²) >= 11 is 0. The second-order valence-electron chi connectivity index (χ2n) is 9.35. The van der Waals surface area contributed by atoms with Crippen molar-refractivity contribution in [1.82, 2.24) is 9.80 Å². The third-order valence-corrected chi connectivity index (χ3v) is 6.10. The monoisotopic (exact) mass is 458 g/mol. The van der Waals surface area contributed by atoms with Gasteiger partial charge >= 0.3 is 6.09 Å². The summed E-state index contributed by atoms with van der Waals surface area (Å²) in [6.07, 6.45) is 10.6. The van der Waals surface area contributed by atoms with Crippen LogP contribution < -0.4 is 9.62 Å². The molecule has 184 valence electrons. The van der Waals surface area contributed by atoms with E-state index in [1.807, 2.05) is 12.1 Å². The zero-order valence-corrected chi connectivity index (χ0v) is 21.2. The summed E-state index contributed by atoms with van der Waals surface area (Å²) in [6.45, 7) is 11.4. The van der Waals surface area contributed by atoms with Gasteiger partial charge in [0.05, 0.1) is 0 Å². The Morgan fingerprint density at radius 1 is 1.06 bits per heavy atom. The summed E-state index contributed by atoms with van der Waals surface area (Å²) in [7, 11) is 2.05. The van der Waals surface area contributed by atoms with Gasteiger partial charge < -0.3 is 19.4 Å². The highest BCUT2D eigenvalue weighted by atomic mass is 17.1. The normalized spacial score (nSPS) is 14.8. The van der Waals surface area contributed by atoms with Crippen LogP contribution in [0, 0.1) is 0 Å². The minimum atomic E-state index is -0.344. The quantitative estimate of drug-likeness (QED) is 0.184. The molecule has 6 nitrogen and oxygen atoms in total. The molecule has 1 aromatic carbocycles. The first-order chi connectivity index (χ1) is 15.8. The first-order valence-corrected chi connectivity index (χ1v) is 12.3. The minimum Gasteiger partial charge on any atom is -0.410 e. The molecule has 0 bridgehead atoms. The van der Waals surface area contributed by atoms with E-state index in [9.17, 15) is 10.1 Å². The Morgan fingerprint density at radius 3 is 2.39 bits per heavy atom. The molecule has 1 N–H and O–H groups in total. The number of likely N-dealkylation sites (N-methyl/N-ethyl adjacent to an activating group) is 1. The van der Waals surface area contributed by atoms with Crippen molar-refractivity contribution >= 4 is 6.09 Å². The number of unbranched alkanes of at least 4 members (excludes halogenated alkanes) is 2. The van der Waals surface area contributed by atoms with Crippen molar-refractivity contribution in [3.05, 3.63) is 46.6 Å². The van der Waals surface area contributed by atoms with Crippen LogP contribution in [0.4, 0.5) is 4.79 Å². The molecular weight excluding hydrogens is 416 g/mol. The summed E-state index contributed by atoms with van der Waals surface area (Å²) in [5, 5.41) is 9.63.